The summed E-state index contributed by atoms with van der Waals surface area (Å²) in [5.41, 5.74) is -8.06. The van der Waals surface area contributed by atoms with E-state index in [9.17, 15) is 61.3 Å². The number of aliphatic hydroxyl groups is 12. The van der Waals surface area contributed by atoms with E-state index in [1.807, 2.05) is 61.5 Å². The molecule has 0 aliphatic carbocycles. The van der Waals surface area contributed by atoms with Gasteiger partial charge in [0.25, 0.3) is 0 Å². The minimum atomic E-state index is -1.29. The van der Waals surface area contributed by atoms with Crippen LogP contribution in [0.3, 0.4) is 0 Å². The van der Waals surface area contributed by atoms with Gasteiger partial charge in [0.1, 0.15) is 0 Å². The predicted molar refractivity (Wildman–Crippen MR) is 319 cm³/mol. The minimum Gasteiger partial charge on any atom is -0.390 e. The Kier molecular flexibility index (Phi) is 33.2. The monoisotopic (exact) mass is 1100 g/mol. The van der Waals surface area contributed by atoms with E-state index >= 15 is 0 Å². The van der Waals surface area contributed by atoms with E-state index in [0.29, 0.717) is 199 Å². The molecule has 12 unspecified atom stereocenters. The highest BCUT2D eigenvalue weighted by molar-refractivity contribution is 5.02. The molecule has 0 bridgehead atoms. The fraction of sp³-hybridized carbons (Fsp3) is 0.908. The molecule has 0 aliphatic rings. The summed E-state index contributed by atoms with van der Waals surface area (Å²) in [4.78, 5) is 0. The van der Waals surface area contributed by atoms with E-state index in [1.165, 1.54) is 11.6 Å². The van der Waals surface area contributed by atoms with Crippen molar-refractivity contribution < 1.29 is 61.3 Å². The van der Waals surface area contributed by atoms with Crippen LogP contribution in [0.2, 0.25) is 0 Å². The molecule has 0 aliphatic heterocycles. The zero-order chi connectivity index (χ0) is 59.7. The second-order valence-corrected chi connectivity index (χ2v) is 28.5. The van der Waals surface area contributed by atoms with Crippen LogP contribution in [-0.2, 0) is 0 Å². The van der Waals surface area contributed by atoms with Crippen molar-refractivity contribution in [2.75, 3.05) is 0 Å². The van der Waals surface area contributed by atoms with E-state index < -0.39 is 67.7 Å². The molecular formula is C65H126O12. The molecule has 77 heavy (non-hydrogen) atoms. The van der Waals surface area contributed by atoms with Gasteiger partial charge in [-0.25, -0.2) is 0 Å². The Balaban J connectivity index is 4.52. The molecule has 458 valence electrons. The minimum absolute atomic E-state index is 0.347. The molecule has 0 saturated carbocycles. The Morgan fingerprint density at radius 2 is 0.558 bits per heavy atom. The molecule has 0 fully saturated rings. The summed E-state index contributed by atoms with van der Waals surface area (Å²) in [6.45, 7) is 29.5. The molecule has 0 aromatic carbocycles. The maximum absolute atomic E-state index is 11.2. The summed E-state index contributed by atoms with van der Waals surface area (Å²) >= 11 is 0. The number of allylic oxidation sites excluding steroid dienone is 4. The van der Waals surface area contributed by atoms with Crippen molar-refractivity contribution in [2.45, 2.75) is 377 Å². The van der Waals surface area contributed by atoms with E-state index in [2.05, 4.69) is 26.5 Å². The molecular weight excluding hydrogens is 973 g/mol. The summed E-state index contributed by atoms with van der Waals surface area (Å²) < 4.78 is 0. The maximum Gasteiger partial charge on any atom is 0.0877 e. The Morgan fingerprint density at radius 3 is 0.792 bits per heavy atom. The van der Waals surface area contributed by atoms with Crippen molar-refractivity contribution in [3.63, 3.8) is 0 Å². The molecule has 0 spiro atoms. The van der Waals surface area contributed by atoms with Crippen LogP contribution in [0.4, 0.5) is 0 Å². The van der Waals surface area contributed by atoms with Gasteiger partial charge in [0, 0.05) is 0 Å². The van der Waals surface area contributed by atoms with Gasteiger partial charge in [-0.05, 0) is 309 Å². The van der Waals surface area contributed by atoms with E-state index in [-0.39, 0.29) is 0 Å². The summed E-state index contributed by atoms with van der Waals surface area (Å²) in [6, 6.07) is 0. The highest BCUT2D eigenvalue weighted by atomic mass is 16.3. The van der Waals surface area contributed by atoms with Crippen LogP contribution >= 0.6 is 0 Å². The molecule has 0 aromatic rings. The van der Waals surface area contributed by atoms with Crippen LogP contribution in [-0.4, -0.2) is 129 Å². The van der Waals surface area contributed by atoms with Crippen molar-refractivity contribution in [1.82, 2.24) is 0 Å². The van der Waals surface area contributed by atoms with Crippen LogP contribution < -0.4 is 0 Å². The number of hydrogen-bond acceptors (Lipinski definition) is 12. The largest absolute Gasteiger partial charge is 0.390 e. The normalized spacial score (nSPS) is 21.7. The van der Waals surface area contributed by atoms with Crippen molar-refractivity contribution in [3.8, 4) is 0 Å². The van der Waals surface area contributed by atoms with Crippen molar-refractivity contribution in [1.29, 1.82) is 0 Å². The van der Waals surface area contributed by atoms with E-state index in [0.717, 1.165) is 18.4 Å². The average molecular weight is 1100 g/mol. The first-order valence-corrected chi connectivity index (χ1v) is 30.4. The first-order valence-electron chi connectivity index (χ1n) is 30.4. The zero-order valence-electron chi connectivity index (χ0n) is 52.2. The molecule has 12 atom stereocenters. The third kappa shape index (κ3) is 40.6. The van der Waals surface area contributed by atoms with Gasteiger partial charge < -0.3 is 61.3 Å². The highest BCUT2D eigenvalue weighted by Crippen LogP contribution is 2.34. The SMILES string of the molecule is C=CC(C)(O)CCC=C(C)CCC(O)C(C)(O)CCCC(C)(O)CCCC(C)(O)CCCC(C)(O)CCCC(C)(O)CCCC(C)(O)CCCC(C)(O)CCCC(C)(O)CCCC(C)(O)CCCC(C)(O)CCC=C(C)C. The summed E-state index contributed by atoms with van der Waals surface area (Å²) in [7, 11) is 0. The highest BCUT2D eigenvalue weighted by Gasteiger charge is 2.34. The van der Waals surface area contributed by atoms with Gasteiger partial charge in [0.15, 0.2) is 0 Å². The number of hydrogen-bond donors (Lipinski definition) is 12. The summed E-state index contributed by atoms with van der Waals surface area (Å²) in [6.07, 6.45) is 23.8. The second-order valence-electron chi connectivity index (χ2n) is 28.5. The molecule has 12 nitrogen and oxygen atoms in total. The van der Waals surface area contributed by atoms with Crippen LogP contribution in [0.5, 0.6) is 0 Å². The van der Waals surface area contributed by atoms with E-state index in [4.69, 9.17) is 0 Å². The van der Waals surface area contributed by atoms with Gasteiger partial charge in [0.2, 0.25) is 0 Å². The van der Waals surface area contributed by atoms with Gasteiger partial charge in [0.05, 0.1) is 67.7 Å². The maximum atomic E-state index is 11.2. The summed E-state index contributed by atoms with van der Waals surface area (Å²) in [5, 5.41) is 132. The lowest BCUT2D eigenvalue weighted by molar-refractivity contribution is -0.0746. The van der Waals surface area contributed by atoms with Gasteiger partial charge in [-0.15, -0.1) is 6.58 Å². The van der Waals surface area contributed by atoms with Crippen LogP contribution in [0, 0.1) is 0 Å². The second kappa shape index (κ2) is 33.7. The number of rotatable bonds is 47. The Bertz CT molecular complexity index is 1660. The first kappa shape index (κ1) is 75.7. The predicted octanol–water partition coefficient (Wildman–Crippen LogP) is 12.6. The molecule has 12 N–H and O–H groups in total. The number of aliphatic hydroxyl groups excluding tert-OH is 1. The lowest BCUT2D eigenvalue weighted by atomic mass is 9.83. The van der Waals surface area contributed by atoms with Crippen LogP contribution in [0.15, 0.2) is 36.0 Å². The van der Waals surface area contributed by atoms with Crippen LogP contribution in [0.25, 0.3) is 0 Å². The van der Waals surface area contributed by atoms with Gasteiger partial charge in [-0.1, -0.05) is 29.4 Å². The Morgan fingerprint density at radius 1 is 0.338 bits per heavy atom. The molecule has 0 amide bonds. The lowest BCUT2D eigenvalue weighted by Gasteiger charge is -2.32. The summed E-state index contributed by atoms with van der Waals surface area (Å²) in [5.74, 6) is 0. The van der Waals surface area contributed by atoms with Crippen LogP contribution in [0.1, 0.15) is 309 Å². The Labute approximate surface area is 472 Å². The van der Waals surface area contributed by atoms with Crippen molar-refractivity contribution in [2.24, 2.45) is 0 Å². The fourth-order valence-corrected chi connectivity index (χ4v) is 11.1. The molecule has 0 aromatic heterocycles. The third-order valence-corrected chi connectivity index (χ3v) is 17.2. The molecule has 12 heteroatoms. The van der Waals surface area contributed by atoms with Gasteiger partial charge >= 0.3 is 0 Å². The van der Waals surface area contributed by atoms with Crippen molar-refractivity contribution in [3.05, 3.63) is 36.0 Å². The standard InChI is InChI=1S/C65H126O12/c1-16-55(5,67)32-18-29-53(4)30-31-54(66)65(15,77)51-27-50-64(14,76)49-26-48-63(13,75)47-25-46-62(12,74)45-24-44-61(11,73)43-23-42-60(10,72)41-22-40-59(9,71)39-21-38-58(8,70)37-20-36-57(7,69)35-19-34-56(6,68)33-17-28-52(2)3/h16,28-29,54,66-77H,1,17-27,30-51H2,2-15H3. The first-order chi connectivity index (χ1) is 34.9. The smallest absolute Gasteiger partial charge is 0.0877 e. The molecule has 0 rings (SSSR count). The molecule has 0 heterocycles. The molecule has 0 radical (unpaired) electrons. The third-order valence-electron chi connectivity index (χ3n) is 17.2. The zero-order valence-corrected chi connectivity index (χ0v) is 52.2. The fourth-order valence-electron chi connectivity index (χ4n) is 11.1. The quantitative estimate of drug-likeness (QED) is 0.0255. The molecule has 0 saturated heterocycles. The van der Waals surface area contributed by atoms with Gasteiger partial charge in [-0.2, -0.15) is 0 Å². The average Bonchev–Trinajstić information content (AvgIpc) is 3.23. The lowest BCUT2D eigenvalue weighted by Crippen LogP contribution is -2.39. The van der Waals surface area contributed by atoms with Gasteiger partial charge in [-0.3, -0.25) is 0 Å². The topological polar surface area (TPSA) is 243 Å². The van der Waals surface area contributed by atoms with Crippen molar-refractivity contribution >= 4 is 0 Å². The Hall–Kier alpha value is -1.26. The van der Waals surface area contributed by atoms with E-state index in [1.54, 1.807) is 27.7 Å².